The number of hydrogen-bond donors (Lipinski definition) is 0. The van der Waals surface area contributed by atoms with Crippen LogP contribution in [0.3, 0.4) is 0 Å². The fourth-order valence-electron chi connectivity index (χ4n) is 2.27. The van der Waals surface area contributed by atoms with E-state index in [-0.39, 0.29) is 13.2 Å². The summed E-state index contributed by atoms with van der Waals surface area (Å²) in [5.74, 6) is 0. The Morgan fingerprint density at radius 3 is 1.32 bits per heavy atom. The van der Waals surface area contributed by atoms with Gasteiger partial charge in [-0.2, -0.15) is 0 Å². The minimum absolute atomic E-state index is 0.0857. The molecule has 2 unspecified atom stereocenters. The quantitative estimate of drug-likeness (QED) is 0.593. The largest absolute Gasteiger partial charge is 0.277 e. The summed E-state index contributed by atoms with van der Waals surface area (Å²) in [6.07, 6.45) is 3.31. The van der Waals surface area contributed by atoms with Crippen LogP contribution in [-0.4, -0.2) is 35.7 Å². The van der Waals surface area contributed by atoms with Crippen molar-refractivity contribution in [3.63, 3.8) is 0 Å². The number of nitrogens with zero attached hydrogens (tertiary/aromatic N) is 2. The molecule has 0 fully saturated rings. The second-order valence-electron chi connectivity index (χ2n) is 5.98. The Kier molecular flexibility index (Phi) is 7.94. The molecule has 0 aliphatic heterocycles. The lowest BCUT2D eigenvalue weighted by atomic mass is 10.2. The van der Waals surface area contributed by atoms with Crippen LogP contribution < -0.4 is 0 Å². The van der Waals surface area contributed by atoms with Gasteiger partial charge in [0, 0.05) is 14.1 Å². The van der Waals surface area contributed by atoms with Gasteiger partial charge in [0.1, 0.15) is 0 Å². The zero-order chi connectivity index (χ0) is 20.6. The maximum absolute atomic E-state index is 12.8. The van der Waals surface area contributed by atoms with Crippen LogP contribution in [0, 0.1) is 13.8 Å². The summed E-state index contributed by atoms with van der Waals surface area (Å²) < 4.78 is 44.4. The van der Waals surface area contributed by atoms with Crippen molar-refractivity contribution in [3.05, 3.63) is 71.8 Å². The Morgan fingerprint density at radius 1 is 0.714 bits per heavy atom. The monoisotopic (exact) mass is 422 g/mol. The van der Waals surface area contributed by atoms with Crippen molar-refractivity contribution in [3.8, 4) is 0 Å². The Hall–Kier alpha value is -2.00. The number of rotatable bonds is 8. The average molecular weight is 423 g/mol. The van der Waals surface area contributed by atoms with Gasteiger partial charge in [0.2, 0.25) is 0 Å². The molecule has 0 spiro atoms. The summed E-state index contributed by atoms with van der Waals surface area (Å²) in [5.41, 5.74) is 2.13. The molecule has 6 nitrogen and oxygen atoms in total. The van der Waals surface area contributed by atoms with E-state index in [0.29, 0.717) is 9.79 Å². The smallest absolute Gasteiger partial charge is 0.193 e. The maximum Gasteiger partial charge on any atom is 0.193 e. The van der Waals surface area contributed by atoms with Crippen LogP contribution in [0.1, 0.15) is 11.1 Å². The molecule has 2 atom stereocenters. The van der Waals surface area contributed by atoms with Crippen LogP contribution in [-0.2, 0) is 28.4 Å². The highest BCUT2D eigenvalue weighted by molar-refractivity contribution is 7.89. The van der Waals surface area contributed by atoms with Crippen molar-refractivity contribution < 1.29 is 16.8 Å². The molecule has 0 saturated carbocycles. The molecule has 0 aromatic heterocycles. The Morgan fingerprint density at radius 2 is 1.04 bits per heavy atom. The van der Waals surface area contributed by atoms with Crippen molar-refractivity contribution in [2.75, 3.05) is 27.3 Å². The average Bonchev–Trinajstić information content (AvgIpc) is 2.71. The molecule has 0 bridgehead atoms. The fourth-order valence-corrected chi connectivity index (χ4v) is 4.66. The van der Waals surface area contributed by atoms with Crippen LogP contribution in [0.5, 0.6) is 0 Å². The Balaban J connectivity index is 1.94. The van der Waals surface area contributed by atoms with Crippen LogP contribution in [0.25, 0.3) is 0 Å². The van der Waals surface area contributed by atoms with E-state index < -0.39 is 20.0 Å². The molecule has 2 rings (SSSR count). The second kappa shape index (κ2) is 9.97. The van der Waals surface area contributed by atoms with Crippen LogP contribution in [0.2, 0.25) is 0 Å². The highest BCUT2D eigenvalue weighted by Gasteiger charge is 2.12. The first-order valence-electron chi connectivity index (χ1n) is 8.70. The minimum Gasteiger partial charge on any atom is -0.277 e. The van der Waals surface area contributed by atoms with E-state index in [4.69, 9.17) is 8.37 Å². The highest BCUT2D eigenvalue weighted by atomic mass is 32.2. The summed E-state index contributed by atoms with van der Waals surface area (Å²) in [6, 6.07) is 14.4. The summed E-state index contributed by atoms with van der Waals surface area (Å²) >= 11 is 0. The zero-order valence-corrected chi connectivity index (χ0v) is 18.2. The second-order valence-corrected chi connectivity index (χ2v) is 10.0. The van der Waals surface area contributed by atoms with Gasteiger partial charge in [-0.1, -0.05) is 47.5 Å². The SMILES string of the molecule is CN=S(=O)(OCC=CCOS(=O)(=NC)c1ccc(C)cc1)c1ccc(C)cc1. The lowest BCUT2D eigenvalue weighted by Gasteiger charge is -2.10. The van der Waals surface area contributed by atoms with E-state index in [9.17, 15) is 8.42 Å². The third-order valence-electron chi connectivity index (χ3n) is 3.93. The normalized spacial score (nSPS) is 15.7. The molecule has 152 valence electrons. The van der Waals surface area contributed by atoms with E-state index in [0.717, 1.165) is 11.1 Å². The molecule has 0 aliphatic rings. The summed E-state index contributed by atoms with van der Waals surface area (Å²) in [7, 11) is -2.93. The number of benzene rings is 2. The van der Waals surface area contributed by atoms with Gasteiger partial charge in [-0.3, -0.25) is 8.37 Å². The maximum atomic E-state index is 12.8. The molecule has 0 saturated heterocycles. The van der Waals surface area contributed by atoms with E-state index in [2.05, 4.69) is 8.73 Å². The van der Waals surface area contributed by atoms with Crippen molar-refractivity contribution in [2.24, 2.45) is 8.73 Å². The molecule has 0 N–H and O–H groups in total. The van der Waals surface area contributed by atoms with E-state index >= 15 is 0 Å². The van der Waals surface area contributed by atoms with Crippen LogP contribution >= 0.6 is 0 Å². The first-order chi connectivity index (χ1) is 13.3. The lowest BCUT2D eigenvalue weighted by molar-refractivity contribution is 0.373. The van der Waals surface area contributed by atoms with E-state index in [1.54, 1.807) is 36.4 Å². The topological polar surface area (TPSA) is 77.3 Å². The molecular formula is C20H26N2O4S2. The molecule has 0 amide bonds. The third-order valence-corrected chi connectivity index (χ3v) is 7.54. The predicted molar refractivity (Wildman–Crippen MR) is 113 cm³/mol. The Bertz CT molecular complexity index is 957. The fraction of sp³-hybridized carbons (Fsp3) is 0.300. The number of aryl methyl sites for hydroxylation is 2. The van der Waals surface area contributed by atoms with Crippen LogP contribution in [0.15, 0.2) is 79.2 Å². The summed E-state index contributed by atoms with van der Waals surface area (Å²) in [5, 5.41) is 0. The van der Waals surface area contributed by atoms with Gasteiger partial charge in [0.05, 0.1) is 23.0 Å². The first-order valence-corrected chi connectivity index (χ1v) is 11.6. The molecule has 2 aromatic carbocycles. The molecule has 0 heterocycles. The molecule has 28 heavy (non-hydrogen) atoms. The van der Waals surface area contributed by atoms with E-state index in [1.807, 2.05) is 38.1 Å². The van der Waals surface area contributed by atoms with Gasteiger partial charge < -0.3 is 0 Å². The summed E-state index contributed by atoms with van der Waals surface area (Å²) in [4.78, 5) is 1.05. The molecular weight excluding hydrogens is 396 g/mol. The zero-order valence-electron chi connectivity index (χ0n) is 16.5. The molecule has 0 radical (unpaired) electrons. The standard InChI is InChI=1S/C20H26N2O4S2/c1-17-7-11-19(12-8-17)27(23,21-3)25-15-5-6-16-26-28(24,22-4)20-13-9-18(2)10-14-20/h5-14H,15-16H2,1-4H3. The van der Waals surface area contributed by atoms with Crippen molar-refractivity contribution >= 4 is 20.0 Å². The molecule has 2 aromatic rings. The van der Waals surface area contributed by atoms with Gasteiger partial charge in [-0.05, 0) is 38.1 Å². The third kappa shape index (κ3) is 5.75. The van der Waals surface area contributed by atoms with Gasteiger partial charge in [0.25, 0.3) is 0 Å². The van der Waals surface area contributed by atoms with Crippen molar-refractivity contribution in [2.45, 2.75) is 23.6 Å². The van der Waals surface area contributed by atoms with E-state index in [1.165, 1.54) is 14.1 Å². The van der Waals surface area contributed by atoms with Gasteiger partial charge in [0.15, 0.2) is 20.0 Å². The predicted octanol–water partition coefficient (Wildman–Crippen LogP) is 4.34. The van der Waals surface area contributed by atoms with Gasteiger partial charge in [-0.15, -0.1) is 0 Å². The highest BCUT2D eigenvalue weighted by Crippen LogP contribution is 2.17. The van der Waals surface area contributed by atoms with Gasteiger partial charge in [-0.25, -0.2) is 17.1 Å². The first kappa shape index (κ1) is 22.3. The van der Waals surface area contributed by atoms with Crippen molar-refractivity contribution in [1.29, 1.82) is 0 Å². The lowest BCUT2D eigenvalue weighted by Crippen LogP contribution is -2.08. The van der Waals surface area contributed by atoms with Gasteiger partial charge >= 0.3 is 0 Å². The van der Waals surface area contributed by atoms with Crippen LogP contribution in [0.4, 0.5) is 0 Å². The summed E-state index contributed by atoms with van der Waals surface area (Å²) in [6.45, 7) is 4.08. The number of hydrogen-bond acceptors (Lipinski definition) is 6. The minimum atomic E-state index is -2.93. The molecule has 0 aliphatic carbocycles. The Labute approximate surface area is 168 Å². The molecule has 8 heteroatoms. The van der Waals surface area contributed by atoms with Crippen molar-refractivity contribution in [1.82, 2.24) is 0 Å².